The summed E-state index contributed by atoms with van der Waals surface area (Å²) >= 11 is 0. The van der Waals surface area contributed by atoms with E-state index in [-0.39, 0.29) is 5.91 Å². The van der Waals surface area contributed by atoms with Crippen LogP contribution in [0.25, 0.3) is 10.9 Å². The van der Waals surface area contributed by atoms with Crippen molar-refractivity contribution in [2.24, 2.45) is 5.92 Å². The SMILES string of the molecule is O=C(c1ccccn1)N1CCC[C@@H](Cc2ccnc3ccncc23)CC1. The third kappa shape index (κ3) is 3.57. The number of aromatic nitrogens is 3. The Bertz CT molecular complexity index is 891. The molecule has 0 radical (unpaired) electrons. The van der Waals surface area contributed by atoms with Gasteiger partial charge in [0.15, 0.2) is 0 Å². The van der Waals surface area contributed by atoms with Crippen LogP contribution in [0.2, 0.25) is 0 Å². The number of hydrogen-bond acceptors (Lipinski definition) is 4. The highest BCUT2D eigenvalue weighted by Crippen LogP contribution is 2.25. The number of carbonyl (C=O) groups excluding carboxylic acids is 1. The normalized spacial score (nSPS) is 17.8. The smallest absolute Gasteiger partial charge is 0.272 e. The van der Waals surface area contributed by atoms with E-state index in [1.165, 1.54) is 5.56 Å². The maximum Gasteiger partial charge on any atom is 0.272 e. The van der Waals surface area contributed by atoms with E-state index < -0.39 is 0 Å². The Balaban J connectivity index is 1.45. The quantitative estimate of drug-likeness (QED) is 0.728. The molecule has 1 aliphatic rings. The number of carbonyl (C=O) groups is 1. The van der Waals surface area contributed by atoms with Crippen molar-refractivity contribution in [3.63, 3.8) is 0 Å². The molecule has 0 unspecified atom stereocenters. The van der Waals surface area contributed by atoms with Gasteiger partial charge in [0, 0.05) is 43.3 Å². The monoisotopic (exact) mass is 346 g/mol. The van der Waals surface area contributed by atoms with Crippen molar-refractivity contribution in [3.8, 4) is 0 Å². The number of pyridine rings is 3. The first-order chi connectivity index (χ1) is 12.8. The summed E-state index contributed by atoms with van der Waals surface area (Å²) in [5.41, 5.74) is 2.84. The highest BCUT2D eigenvalue weighted by atomic mass is 16.2. The Morgan fingerprint density at radius 1 is 1.04 bits per heavy atom. The molecule has 5 nitrogen and oxygen atoms in total. The van der Waals surface area contributed by atoms with E-state index in [9.17, 15) is 4.79 Å². The Kier molecular flexibility index (Phi) is 4.86. The van der Waals surface area contributed by atoms with Crippen LogP contribution in [0.15, 0.2) is 55.1 Å². The molecule has 0 spiro atoms. The largest absolute Gasteiger partial charge is 0.337 e. The van der Waals surface area contributed by atoms with Crippen LogP contribution in [0.3, 0.4) is 0 Å². The first kappa shape index (κ1) is 16.6. The van der Waals surface area contributed by atoms with E-state index >= 15 is 0 Å². The third-order valence-electron chi connectivity index (χ3n) is 5.16. The van der Waals surface area contributed by atoms with E-state index in [1.54, 1.807) is 18.5 Å². The summed E-state index contributed by atoms with van der Waals surface area (Å²) in [5.74, 6) is 0.618. The Hall–Kier alpha value is -2.82. The number of rotatable bonds is 3. The highest BCUT2D eigenvalue weighted by molar-refractivity contribution is 5.92. The molecule has 1 saturated heterocycles. The fourth-order valence-electron chi connectivity index (χ4n) is 3.76. The second kappa shape index (κ2) is 7.60. The van der Waals surface area contributed by atoms with E-state index in [0.29, 0.717) is 11.6 Å². The Morgan fingerprint density at radius 3 is 2.88 bits per heavy atom. The lowest BCUT2D eigenvalue weighted by molar-refractivity contribution is 0.0754. The molecule has 3 aromatic heterocycles. The van der Waals surface area contributed by atoms with Gasteiger partial charge in [-0.25, -0.2) is 0 Å². The third-order valence-corrected chi connectivity index (χ3v) is 5.16. The van der Waals surface area contributed by atoms with Gasteiger partial charge in [0.25, 0.3) is 5.91 Å². The molecule has 1 fully saturated rings. The van der Waals surface area contributed by atoms with Crippen molar-refractivity contribution >= 4 is 16.8 Å². The summed E-state index contributed by atoms with van der Waals surface area (Å²) in [7, 11) is 0. The predicted octanol–water partition coefficient (Wildman–Crippen LogP) is 3.51. The summed E-state index contributed by atoms with van der Waals surface area (Å²) in [6.07, 6.45) is 11.4. The molecule has 132 valence electrons. The zero-order valence-corrected chi connectivity index (χ0v) is 14.7. The van der Waals surface area contributed by atoms with Crippen molar-refractivity contribution < 1.29 is 4.79 Å². The molecule has 4 rings (SSSR count). The standard InChI is InChI=1S/C21H22N4O/c26-21(20-5-1-2-9-23-20)25-12-3-4-16(8-13-25)14-17-6-11-24-19-7-10-22-15-18(17)19/h1-2,5-7,9-11,15-16H,3-4,8,12-14H2/t16-/m1/s1. The highest BCUT2D eigenvalue weighted by Gasteiger charge is 2.22. The summed E-state index contributed by atoms with van der Waals surface area (Å²) in [5, 5.41) is 1.14. The summed E-state index contributed by atoms with van der Waals surface area (Å²) in [6, 6.07) is 9.55. The molecule has 0 aromatic carbocycles. The average Bonchev–Trinajstić information content (AvgIpc) is 2.94. The molecular formula is C21H22N4O. The van der Waals surface area contributed by atoms with Gasteiger partial charge in [-0.15, -0.1) is 0 Å². The minimum Gasteiger partial charge on any atom is -0.337 e. The molecule has 0 aliphatic carbocycles. The molecule has 0 saturated carbocycles. The van der Waals surface area contributed by atoms with Crippen molar-refractivity contribution in [2.45, 2.75) is 25.7 Å². The lowest BCUT2D eigenvalue weighted by Gasteiger charge is -2.20. The van der Waals surface area contributed by atoms with Crippen molar-refractivity contribution in [1.29, 1.82) is 0 Å². The average molecular weight is 346 g/mol. The minimum absolute atomic E-state index is 0.0461. The van der Waals surface area contributed by atoms with Crippen LogP contribution < -0.4 is 0 Å². The van der Waals surface area contributed by atoms with E-state index in [4.69, 9.17) is 0 Å². The molecule has 1 atom stereocenters. The number of amides is 1. The van der Waals surface area contributed by atoms with E-state index in [1.807, 2.05) is 35.5 Å². The molecule has 1 aliphatic heterocycles. The van der Waals surface area contributed by atoms with Gasteiger partial charge in [0.2, 0.25) is 0 Å². The molecule has 3 aromatic rings. The molecule has 4 heterocycles. The lowest BCUT2D eigenvalue weighted by atomic mass is 9.92. The summed E-state index contributed by atoms with van der Waals surface area (Å²) in [4.78, 5) is 27.5. The van der Waals surface area contributed by atoms with Crippen LogP contribution in [-0.4, -0.2) is 38.8 Å². The fraction of sp³-hybridized carbons (Fsp3) is 0.333. The van der Waals surface area contributed by atoms with Gasteiger partial charge in [0.1, 0.15) is 5.69 Å². The minimum atomic E-state index is 0.0461. The van der Waals surface area contributed by atoms with Crippen LogP contribution in [0.4, 0.5) is 0 Å². The zero-order chi connectivity index (χ0) is 17.8. The van der Waals surface area contributed by atoms with Gasteiger partial charge in [0.05, 0.1) is 5.52 Å². The van der Waals surface area contributed by atoms with Crippen LogP contribution >= 0.6 is 0 Å². The van der Waals surface area contributed by atoms with Gasteiger partial charge < -0.3 is 4.90 Å². The summed E-state index contributed by atoms with van der Waals surface area (Å²) < 4.78 is 0. The molecule has 0 N–H and O–H groups in total. The lowest BCUT2D eigenvalue weighted by Crippen LogP contribution is -2.32. The second-order valence-electron chi connectivity index (χ2n) is 6.87. The number of fused-ring (bicyclic) bond motifs is 1. The number of nitrogens with zero attached hydrogens (tertiary/aromatic N) is 4. The van der Waals surface area contributed by atoms with Gasteiger partial charge in [-0.05, 0) is 61.4 Å². The second-order valence-corrected chi connectivity index (χ2v) is 6.87. The van der Waals surface area contributed by atoms with E-state index in [0.717, 1.165) is 49.7 Å². The van der Waals surface area contributed by atoms with Crippen molar-refractivity contribution in [2.75, 3.05) is 13.1 Å². The van der Waals surface area contributed by atoms with Crippen molar-refractivity contribution in [3.05, 3.63) is 66.4 Å². The van der Waals surface area contributed by atoms with Gasteiger partial charge in [-0.2, -0.15) is 0 Å². The van der Waals surface area contributed by atoms with Crippen LogP contribution in [0.1, 0.15) is 35.3 Å². The van der Waals surface area contributed by atoms with Crippen LogP contribution in [-0.2, 0) is 6.42 Å². The Labute approximate surface area is 153 Å². The Morgan fingerprint density at radius 2 is 2.00 bits per heavy atom. The zero-order valence-electron chi connectivity index (χ0n) is 14.7. The first-order valence-corrected chi connectivity index (χ1v) is 9.19. The maximum absolute atomic E-state index is 12.6. The molecule has 1 amide bonds. The van der Waals surface area contributed by atoms with Crippen LogP contribution in [0, 0.1) is 5.92 Å². The first-order valence-electron chi connectivity index (χ1n) is 9.19. The fourth-order valence-corrected chi connectivity index (χ4v) is 3.76. The number of hydrogen-bond donors (Lipinski definition) is 0. The maximum atomic E-state index is 12.6. The molecule has 0 bridgehead atoms. The topological polar surface area (TPSA) is 59.0 Å². The van der Waals surface area contributed by atoms with Crippen molar-refractivity contribution in [1.82, 2.24) is 19.9 Å². The molecule has 26 heavy (non-hydrogen) atoms. The molecule has 5 heteroatoms. The van der Waals surface area contributed by atoms with E-state index in [2.05, 4.69) is 21.0 Å². The van der Waals surface area contributed by atoms with Crippen LogP contribution in [0.5, 0.6) is 0 Å². The predicted molar refractivity (Wildman–Crippen MR) is 101 cm³/mol. The van der Waals surface area contributed by atoms with Gasteiger partial charge in [-0.1, -0.05) is 6.07 Å². The van der Waals surface area contributed by atoms with Gasteiger partial charge in [-0.3, -0.25) is 19.7 Å². The molecular weight excluding hydrogens is 324 g/mol. The number of likely N-dealkylation sites (tertiary alicyclic amines) is 1. The van der Waals surface area contributed by atoms with Gasteiger partial charge >= 0.3 is 0 Å². The summed E-state index contributed by atoms with van der Waals surface area (Å²) in [6.45, 7) is 1.60.